The Kier molecular flexibility index (Phi) is 6.60. The predicted octanol–water partition coefficient (Wildman–Crippen LogP) is 4.48. The standard InChI is InChI=1S/C26H26FN5O2/c27-11-20-21(14-33-12-18-7-3-1-4-8-18)22(15-34-13-19-9-5-2-6-10-19)24(20)32-17-31-23-25(28)29-16-30-26(23)32/h1-11,16-17,21-22,24H,12-15H2,(H2,28,29,30)/b20-11+/t21-,22+,24+/m0/s1. The molecule has 0 aliphatic heterocycles. The van der Waals surface area contributed by atoms with Crippen molar-refractivity contribution in [3.63, 3.8) is 0 Å². The summed E-state index contributed by atoms with van der Waals surface area (Å²) in [5.41, 5.74) is 9.85. The lowest BCUT2D eigenvalue weighted by Gasteiger charge is -2.47. The smallest absolute Gasteiger partial charge is 0.165 e. The van der Waals surface area contributed by atoms with Crippen LogP contribution in [0.4, 0.5) is 10.2 Å². The normalized spacial score (nSPS) is 21.1. The molecule has 7 nitrogen and oxygen atoms in total. The summed E-state index contributed by atoms with van der Waals surface area (Å²) in [6.45, 7) is 1.79. The maximum Gasteiger partial charge on any atom is 0.165 e. The maximum atomic E-state index is 14.2. The van der Waals surface area contributed by atoms with Gasteiger partial charge in [-0.3, -0.25) is 0 Å². The fourth-order valence-corrected chi connectivity index (χ4v) is 4.59. The molecule has 34 heavy (non-hydrogen) atoms. The third kappa shape index (κ3) is 4.42. The van der Waals surface area contributed by atoms with Crippen LogP contribution in [0.5, 0.6) is 0 Å². The molecule has 1 saturated carbocycles. The molecule has 8 heteroatoms. The monoisotopic (exact) mass is 459 g/mol. The summed E-state index contributed by atoms with van der Waals surface area (Å²) >= 11 is 0. The van der Waals surface area contributed by atoms with Gasteiger partial charge in [0, 0.05) is 11.8 Å². The summed E-state index contributed by atoms with van der Waals surface area (Å²) < 4.78 is 28.1. The number of hydrogen-bond acceptors (Lipinski definition) is 6. The molecule has 2 heterocycles. The van der Waals surface area contributed by atoms with Crippen molar-refractivity contribution in [2.75, 3.05) is 18.9 Å². The van der Waals surface area contributed by atoms with E-state index in [0.29, 0.717) is 55.3 Å². The minimum atomic E-state index is -0.287. The van der Waals surface area contributed by atoms with E-state index in [4.69, 9.17) is 15.2 Å². The average molecular weight is 460 g/mol. The number of fused-ring (bicyclic) bond motifs is 1. The molecule has 2 N–H and O–H groups in total. The number of rotatable bonds is 9. The number of benzene rings is 2. The van der Waals surface area contributed by atoms with E-state index in [9.17, 15) is 4.39 Å². The van der Waals surface area contributed by atoms with Gasteiger partial charge in [-0.2, -0.15) is 0 Å². The Morgan fingerprint density at radius 1 is 0.882 bits per heavy atom. The molecule has 3 atom stereocenters. The Labute approximate surface area is 197 Å². The van der Waals surface area contributed by atoms with Crippen LogP contribution < -0.4 is 5.73 Å². The van der Waals surface area contributed by atoms with Crippen molar-refractivity contribution in [1.82, 2.24) is 19.5 Å². The molecule has 0 amide bonds. The van der Waals surface area contributed by atoms with E-state index in [1.54, 1.807) is 6.33 Å². The highest BCUT2D eigenvalue weighted by Gasteiger charge is 2.48. The van der Waals surface area contributed by atoms with Crippen molar-refractivity contribution in [1.29, 1.82) is 0 Å². The van der Waals surface area contributed by atoms with Crippen LogP contribution in [0.2, 0.25) is 0 Å². The zero-order valence-corrected chi connectivity index (χ0v) is 18.6. The molecular weight excluding hydrogens is 433 g/mol. The van der Waals surface area contributed by atoms with E-state index >= 15 is 0 Å². The number of nitrogens with two attached hydrogens (primary N) is 1. The van der Waals surface area contributed by atoms with E-state index in [1.807, 2.05) is 65.2 Å². The number of aromatic nitrogens is 4. The second kappa shape index (κ2) is 10.1. The van der Waals surface area contributed by atoms with Crippen molar-refractivity contribution in [2.24, 2.45) is 11.8 Å². The molecule has 174 valence electrons. The van der Waals surface area contributed by atoms with Crippen LogP contribution in [0.3, 0.4) is 0 Å². The lowest BCUT2D eigenvalue weighted by molar-refractivity contribution is -0.0178. The molecule has 0 unspecified atom stereocenters. The summed E-state index contributed by atoms with van der Waals surface area (Å²) in [6, 6.07) is 19.6. The molecule has 0 bridgehead atoms. The number of nitrogen functional groups attached to an aromatic ring is 1. The second-order valence-corrected chi connectivity index (χ2v) is 8.41. The Bertz CT molecular complexity index is 1260. The van der Waals surface area contributed by atoms with E-state index < -0.39 is 0 Å². The highest BCUT2D eigenvalue weighted by molar-refractivity contribution is 5.81. The van der Waals surface area contributed by atoms with Crippen LogP contribution in [0.25, 0.3) is 11.2 Å². The van der Waals surface area contributed by atoms with Crippen LogP contribution in [0, 0.1) is 11.8 Å². The highest BCUT2D eigenvalue weighted by atomic mass is 19.1. The van der Waals surface area contributed by atoms with E-state index in [-0.39, 0.29) is 17.9 Å². The van der Waals surface area contributed by atoms with E-state index in [1.165, 1.54) is 6.33 Å². The summed E-state index contributed by atoms with van der Waals surface area (Å²) in [7, 11) is 0. The molecule has 1 aliphatic rings. The first-order chi connectivity index (χ1) is 16.8. The minimum Gasteiger partial charge on any atom is -0.382 e. The van der Waals surface area contributed by atoms with Gasteiger partial charge in [0.1, 0.15) is 11.8 Å². The molecule has 1 aliphatic carbocycles. The quantitative estimate of drug-likeness (QED) is 0.397. The third-order valence-corrected chi connectivity index (χ3v) is 6.34. The second-order valence-electron chi connectivity index (χ2n) is 8.41. The molecule has 0 spiro atoms. The predicted molar refractivity (Wildman–Crippen MR) is 127 cm³/mol. The van der Waals surface area contributed by atoms with E-state index in [2.05, 4.69) is 15.0 Å². The van der Waals surface area contributed by atoms with Gasteiger partial charge in [-0.05, 0) is 16.7 Å². The summed E-state index contributed by atoms with van der Waals surface area (Å²) in [5, 5.41) is 0. The van der Waals surface area contributed by atoms with Crippen LogP contribution in [0.15, 0.2) is 85.2 Å². The molecule has 2 aromatic carbocycles. The number of ether oxygens (including phenoxy) is 2. The average Bonchev–Trinajstić information content (AvgIpc) is 3.29. The Morgan fingerprint density at radius 2 is 1.53 bits per heavy atom. The first-order valence-electron chi connectivity index (χ1n) is 11.2. The fourth-order valence-electron chi connectivity index (χ4n) is 4.59. The van der Waals surface area contributed by atoms with Gasteiger partial charge in [-0.25, -0.2) is 19.3 Å². The zero-order valence-electron chi connectivity index (χ0n) is 18.6. The zero-order chi connectivity index (χ0) is 23.3. The van der Waals surface area contributed by atoms with E-state index in [0.717, 1.165) is 11.1 Å². The topological polar surface area (TPSA) is 88.1 Å². The van der Waals surface area contributed by atoms with Crippen molar-refractivity contribution in [3.8, 4) is 0 Å². The first-order valence-corrected chi connectivity index (χ1v) is 11.2. The summed E-state index contributed by atoms with van der Waals surface area (Å²) in [4.78, 5) is 12.7. The Morgan fingerprint density at radius 3 is 2.18 bits per heavy atom. The number of anilines is 1. The molecule has 1 fully saturated rings. The van der Waals surface area contributed by atoms with Gasteiger partial charge in [-0.15, -0.1) is 0 Å². The van der Waals surface area contributed by atoms with Gasteiger partial charge in [0.05, 0.1) is 45.1 Å². The fraction of sp³-hybridized carbons (Fsp3) is 0.269. The highest BCUT2D eigenvalue weighted by Crippen LogP contribution is 2.50. The SMILES string of the molecule is Nc1ncnc2c1ncn2[C@@H]1/C(=C/F)[C@H](COCc2ccccc2)[C@H]1COCc1ccccc1. The van der Waals surface area contributed by atoms with Crippen LogP contribution in [-0.2, 0) is 22.7 Å². The van der Waals surface area contributed by atoms with Gasteiger partial charge in [0.2, 0.25) is 0 Å². The lowest BCUT2D eigenvalue weighted by atomic mass is 9.65. The van der Waals surface area contributed by atoms with Gasteiger partial charge in [-0.1, -0.05) is 60.7 Å². The first kappa shape index (κ1) is 22.2. The van der Waals surface area contributed by atoms with Crippen molar-refractivity contribution < 1.29 is 13.9 Å². The molecule has 5 rings (SSSR count). The van der Waals surface area contributed by atoms with Crippen LogP contribution in [0.1, 0.15) is 17.2 Å². The number of halogens is 1. The summed E-state index contributed by atoms with van der Waals surface area (Å²) in [6.07, 6.45) is 3.73. The van der Waals surface area contributed by atoms with Gasteiger partial charge in [0.15, 0.2) is 11.5 Å². The molecule has 4 aromatic rings. The minimum absolute atomic E-state index is 0.0184. The molecule has 0 radical (unpaired) electrons. The number of hydrogen-bond donors (Lipinski definition) is 1. The van der Waals surface area contributed by atoms with Crippen LogP contribution >= 0.6 is 0 Å². The largest absolute Gasteiger partial charge is 0.382 e. The van der Waals surface area contributed by atoms with Crippen molar-refractivity contribution >= 4 is 17.0 Å². The Hall–Kier alpha value is -3.62. The maximum absolute atomic E-state index is 14.2. The van der Waals surface area contributed by atoms with Gasteiger partial charge < -0.3 is 19.8 Å². The number of nitrogens with zero attached hydrogens (tertiary/aromatic N) is 4. The lowest BCUT2D eigenvalue weighted by Crippen LogP contribution is -2.46. The van der Waals surface area contributed by atoms with Crippen LogP contribution in [-0.4, -0.2) is 32.7 Å². The number of imidazole rings is 1. The molecule has 2 aromatic heterocycles. The molecular formula is C26H26FN5O2. The molecule has 0 saturated heterocycles. The van der Waals surface area contributed by atoms with Crippen molar-refractivity contribution in [3.05, 3.63) is 96.3 Å². The van der Waals surface area contributed by atoms with Gasteiger partial charge in [0.25, 0.3) is 0 Å². The third-order valence-electron chi connectivity index (χ3n) is 6.34. The summed E-state index contributed by atoms with van der Waals surface area (Å²) in [5.74, 6) is 0.162. The van der Waals surface area contributed by atoms with Crippen molar-refractivity contribution in [2.45, 2.75) is 19.3 Å². The van der Waals surface area contributed by atoms with Gasteiger partial charge >= 0.3 is 0 Å². The Balaban J connectivity index is 1.35.